The number of carbonyl (C=O) groups is 1. The maximum Gasteiger partial charge on any atom is 1.00 e. The Balaban J connectivity index is 0.00000408. The van der Waals surface area contributed by atoms with Crippen LogP contribution in [0.3, 0.4) is 0 Å². The Morgan fingerprint density at radius 2 is 1.88 bits per heavy atom. The third-order valence-corrected chi connectivity index (χ3v) is 5.14. The van der Waals surface area contributed by atoms with E-state index in [9.17, 15) is 38.1 Å². The number of benzene rings is 3. The summed E-state index contributed by atoms with van der Waals surface area (Å²) in [5, 5.41) is 42.2. The predicted octanol–water partition coefficient (Wildman–Crippen LogP) is 1.05. The first-order valence-electron chi connectivity index (χ1n) is 9.10. The van der Waals surface area contributed by atoms with Crippen LogP contribution in [0.1, 0.15) is 6.92 Å². The van der Waals surface area contributed by atoms with Gasteiger partial charge in [-0.25, -0.2) is 13.2 Å². The molecule has 0 radical (unpaired) electrons. The Kier molecular flexibility index (Phi) is 8.52. The van der Waals surface area contributed by atoms with Gasteiger partial charge in [0.15, 0.2) is 5.75 Å². The van der Waals surface area contributed by atoms with E-state index in [0.717, 1.165) is 0 Å². The van der Waals surface area contributed by atoms with Crippen molar-refractivity contribution in [2.45, 2.75) is 11.8 Å². The van der Waals surface area contributed by atoms with Gasteiger partial charge in [0.05, 0.1) is 17.2 Å². The van der Waals surface area contributed by atoms with E-state index in [-0.39, 0.29) is 52.9 Å². The van der Waals surface area contributed by atoms with Crippen LogP contribution in [0.25, 0.3) is 10.8 Å². The molecule has 3 N–H and O–H groups in total. The van der Waals surface area contributed by atoms with Gasteiger partial charge in [-0.15, -0.1) is 10.2 Å². The van der Waals surface area contributed by atoms with Gasteiger partial charge in [0.2, 0.25) is 0 Å². The molecule has 34 heavy (non-hydrogen) atoms. The smallest absolute Gasteiger partial charge is 0.744 e. The summed E-state index contributed by atoms with van der Waals surface area (Å²) in [6, 6.07) is 8.63. The Labute approximate surface area is 214 Å². The van der Waals surface area contributed by atoms with E-state index in [2.05, 4.69) is 15.5 Å². The molecule has 0 aromatic heterocycles. The number of azo groups is 1. The quantitative estimate of drug-likeness (QED) is 0.146. The SMILES string of the molecule is CCOC(=O)Nc1cccc2ccc(O)c(N=Nc3cc([N+](=O)[O-])cc(S(=O)(=O)[O-])c3O)c12.[Na+]. The number of phenols is 2. The first-order valence-corrected chi connectivity index (χ1v) is 10.5. The molecule has 0 aliphatic heterocycles. The van der Waals surface area contributed by atoms with Crippen LogP contribution in [0.2, 0.25) is 0 Å². The summed E-state index contributed by atoms with van der Waals surface area (Å²) in [6.07, 6.45) is -0.780. The fraction of sp³-hybridized carbons (Fsp3) is 0.105. The van der Waals surface area contributed by atoms with Crippen molar-refractivity contribution >= 4 is 49.7 Å². The van der Waals surface area contributed by atoms with Gasteiger partial charge in [0, 0.05) is 17.5 Å². The molecule has 172 valence electrons. The molecular weight excluding hydrogens is 483 g/mol. The number of hydrogen-bond donors (Lipinski definition) is 3. The third kappa shape index (κ3) is 5.78. The fourth-order valence-electron chi connectivity index (χ4n) is 2.89. The van der Waals surface area contributed by atoms with Crippen LogP contribution in [0.15, 0.2) is 57.6 Å². The van der Waals surface area contributed by atoms with Crippen molar-refractivity contribution in [1.82, 2.24) is 0 Å². The van der Waals surface area contributed by atoms with Gasteiger partial charge in [-0.2, -0.15) is 0 Å². The average Bonchev–Trinajstić information content (AvgIpc) is 2.73. The molecule has 3 aromatic carbocycles. The number of rotatable bonds is 6. The number of nitro benzene ring substituents is 1. The Hall–Kier alpha value is -3.30. The van der Waals surface area contributed by atoms with E-state index in [1.165, 1.54) is 18.2 Å². The van der Waals surface area contributed by atoms with Crippen LogP contribution in [0.4, 0.5) is 27.5 Å². The second-order valence-corrected chi connectivity index (χ2v) is 7.75. The van der Waals surface area contributed by atoms with Crippen molar-refractivity contribution in [2.24, 2.45) is 10.2 Å². The number of phenolic OH excluding ortho intramolecular Hbond substituents is 2. The summed E-state index contributed by atoms with van der Waals surface area (Å²) >= 11 is 0. The summed E-state index contributed by atoms with van der Waals surface area (Å²) in [7, 11) is -5.28. The molecule has 0 unspecified atom stereocenters. The van der Waals surface area contributed by atoms with Gasteiger partial charge in [0.1, 0.15) is 32.1 Å². The molecule has 15 heteroatoms. The molecule has 0 atom stereocenters. The van der Waals surface area contributed by atoms with Gasteiger partial charge >= 0.3 is 35.7 Å². The largest absolute Gasteiger partial charge is 1.00 e. The van der Waals surface area contributed by atoms with Crippen molar-refractivity contribution < 1.29 is 67.2 Å². The number of aromatic hydroxyl groups is 2. The van der Waals surface area contributed by atoms with Crippen molar-refractivity contribution in [3.8, 4) is 11.5 Å². The minimum absolute atomic E-state index is 0. The fourth-order valence-corrected chi connectivity index (χ4v) is 3.49. The maximum atomic E-state index is 11.9. The minimum Gasteiger partial charge on any atom is -0.744 e. The van der Waals surface area contributed by atoms with Gasteiger partial charge in [-0.05, 0) is 24.4 Å². The van der Waals surface area contributed by atoms with Crippen molar-refractivity contribution in [3.63, 3.8) is 0 Å². The third-order valence-electron chi connectivity index (χ3n) is 4.29. The van der Waals surface area contributed by atoms with E-state index >= 15 is 0 Å². The first kappa shape index (κ1) is 26.9. The zero-order chi connectivity index (χ0) is 24.3. The van der Waals surface area contributed by atoms with Gasteiger partial charge < -0.3 is 19.5 Å². The van der Waals surface area contributed by atoms with E-state index in [1.54, 1.807) is 19.1 Å². The number of fused-ring (bicyclic) bond motifs is 1. The summed E-state index contributed by atoms with van der Waals surface area (Å²) < 4.78 is 39.0. The van der Waals surface area contributed by atoms with Crippen LogP contribution in [-0.4, -0.2) is 40.8 Å². The first-order chi connectivity index (χ1) is 15.5. The van der Waals surface area contributed by atoms with Gasteiger partial charge in [-0.1, -0.05) is 18.2 Å². The summed E-state index contributed by atoms with van der Waals surface area (Å²) in [6.45, 7) is 1.71. The molecule has 1 amide bonds. The van der Waals surface area contributed by atoms with Crippen LogP contribution in [-0.2, 0) is 14.9 Å². The molecule has 3 rings (SSSR count). The average molecular weight is 498 g/mol. The van der Waals surface area contributed by atoms with E-state index < -0.39 is 48.9 Å². The van der Waals surface area contributed by atoms with Crippen molar-refractivity contribution in [2.75, 3.05) is 11.9 Å². The van der Waals surface area contributed by atoms with Crippen molar-refractivity contribution in [1.29, 1.82) is 0 Å². The van der Waals surface area contributed by atoms with Crippen LogP contribution in [0, 0.1) is 10.1 Å². The second-order valence-electron chi connectivity index (χ2n) is 6.41. The standard InChI is InChI=1S/C19H16N4O9S.Na/c1-2-32-19(26)20-12-5-3-4-10-6-7-14(24)17(16(10)12)22-21-13-8-11(23(27)28)9-15(18(13)25)33(29,30)31;/h3-9,24-25H,2H2,1H3,(H,20,26)(H,29,30,31);/q;+1/p-1. The Bertz CT molecular complexity index is 1410. The molecule has 0 spiro atoms. The topological polar surface area (TPSA) is 204 Å². The maximum absolute atomic E-state index is 11.9. The zero-order valence-corrected chi connectivity index (χ0v) is 20.6. The number of nitro groups is 1. The Morgan fingerprint density at radius 3 is 2.50 bits per heavy atom. The molecule has 0 saturated carbocycles. The molecule has 3 aromatic rings. The number of non-ortho nitro benzene ring substituents is 1. The second kappa shape index (κ2) is 10.8. The van der Waals surface area contributed by atoms with E-state index in [0.29, 0.717) is 17.5 Å². The number of amides is 1. The normalized spacial score (nSPS) is 11.2. The van der Waals surface area contributed by atoms with E-state index in [4.69, 9.17) is 4.74 Å². The molecule has 0 fully saturated rings. The summed E-state index contributed by atoms with van der Waals surface area (Å²) in [5.41, 5.74) is -1.56. The molecule has 0 aliphatic rings. The zero-order valence-electron chi connectivity index (χ0n) is 17.8. The molecule has 0 aliphatic carbocycles. The van der Waals surface area contributed by atoms with Crippen LogP contribution in [0.5, 0.6) is 11.5 Å². The number of hydrogen-bond acceptors (Lipinski definition) is 11. The van der Waals surface area contributed by atoms with E-state index in [1.807, 2.05) is 0 Å². The Morgan fingerprint density at radius 1 is 1.18 bits per heavy atom. The molecule has 0 heterocycles. The summed E-state index contributed by atoms with van der Waals surface area (Å²) in [5.74, 6) is -1.56. The number of carbonyl (C=O) groups excluding carboxylic acids is 1. The molecule has 0 bridgehead atoms. The van der Waals surface area contributed by atoms with Gasteiger partial charge in [0.25, 0.3) is 5.69 Å². The number of nitrogens with one attached hydrogen (secondary N) is 1. The van der Waals surface area contributed by atoms with Crippen LogP contribution < -0.4 is 34.9 Å². The van der Waals surface area contributed by atoms with Crippen LogP contribution >= 0.6 is 0 Å². The van der Waals surface area contributed by atoms with Gasteiger partial charge in [-0.3, -0.25) is 15.4 Å². The molecule has 0 saturated heterocycles. The molecular formula is C19H15N4NaO9S. The monoisotopic (exact) mass is 498 g/mol. The summed E-state index contributed by atoms with van der Waals surface area (Å²) in [4.78, 5) is 20.8. The minimum atomic E-state index is -5.28. The number of ether oxygens (including phenoxy) is 1. The van der Waals surface area contributed by atoms with Crippen molar-refractivity contribution in [3.05, 3.63) is 52.6 Å². The number of nitrogens with zero attached hydrogens (tertiary/aromatic N) is 3. The molecule has 13 nitrogen and oxygen atoms in total. The predicted molar refractivity (Wildman–Crippen MR) is 113 cm³/mol. The number of anilines is 1.